The summed E-state index contributed by atoms with van der Waals surface area (Å²) in [4.78, 5) is 14.1. The monoisotopic (exact) mass is 268 g/mol. The summed E-state index contributed by atoms with van der Waals surface area (Å²) in [6.45, 7) is 1.83. The van der Waals surface area contributed by atoms with E-state index in [1.807, 2.05) is 4.90 Å². The van der Waals surface area contributed by atoms with Crippen LogP contribution in [0, 0.1) is 11.8 Å². The smallest absolute Gasteiger partial charge is 0.222 e. The van der Waals surface area contributed by atoms with Gasteiger partial charge in [-0.1, -0.05) is 12.8 Å². The molecule has 1 amide bonds. The van der Waals surface area contributed by atoms with Gasteiger partial charge in [0, 0.05) is 32.2 Å². The zero-order valence-electron chi connectivity index (χ0n) is 11.9. The molecule has 1 aliphatic heterocycles. The highest BCUT2D eigenvalue weighted by Gasteiger charge is 2.25. The molecule has 2 fully saturated rings. The third-order valence-electron chi connectivity index (χ3n) is 4.72. The highest BCUT2D eigenvalue weighted by Crippen LogP contribution is 2.27. The van der Waals surface area contributed by atoms with Crippen LogP contribution < -0.4 is 5.73 Å². The summed E-state index contributed by atoms with van der Waals surface area (Å²) < 4.78 is 0. The van der Waals surface area contributed by atoms with Gasteiger partial charge in [-0.25, -0.2) is 0 Å². The van der Waals surface area contributed by atoms with Crippen LogP contribution in [0.3, 0.4) is 0 Å². The molecule has 2 aliphatic rings. The topological polar surface area (TPSA) is 66.6 Å². The predicted molar refractivity (Wildman–Crippen MR) is 75.6 cm³/mol. The first-order valence-corrected chi connectivity index (χ1v) is 7.83. The second-order valence-electron chi connectivity index (χ2n) is 6.36. The number of carbonyl (C=O) groups is 1. The van der Waals surface area contributed by atoms with Gasteiger partial charge in [0.2, 0.25) is 5.91 Å². The van der Waals surface area contributed by atoms with E-state index in [1.54, 1.807) is 0 Å². The van der Waals surface area contributed by atoms with Crippen LogP contribution in [-0.2, 0) is 4.79 Å². The van der Waals surface area contributed by atoms with Gasteiger partial charge in [0.15, 0.2) is 0 Å². The number of nitrogens with two attached hydrogens (primary N) is 1. The highest BCUT2D eigenvalue weighted by molar-refractivity contribution is 5.76. The number of nitrogens with zero attached hydrogens (tertiary/aromatic N) is 1. The van der Waals surface area contributed by atoms with Crippen molar-refractivity contribution in [2.24, 2.45) is 17.6 Å². The Hall–Kier alpha value is -0.610. The summed E-state index contributed by atoms with van der Waals surface area (Å²) in [6.07, 6.45) is 8.43. The fraction of sp³-hybridized carbons (Fsp3) is 0.933. The maximum Gasteiger partial charge on any atom is 0.222 e. The molecule has 0 aromatic carbocycles. The number of aliphatic hydroxyl groups excluding tert-OH is 1. The van der Waals surface area contributed by atoms with Crippen LogP contribution in [0.2, 0.25) is 0 Å². The first kappa shape index (κ1) is 14.8. The first-order chi connectivity index (χ1) is 9.19. The van der Waals surface area contributed by atoms with Gasteiger partial charge >= 0.3 is 0 Å². The van der Waals surface area contributed by atoms with E-state index in [-0.39, 0.29) is 12.5 Å². The lowest BCUT2D eigenvalue weighted by molar-refractivity contribution is -0.133. The average Bonchev–Trinajstić information content (AvgIpc) is 2.45. The van der Waals surface area contributed by atoms with Crippen molar-refractivity contribution in [2.45, 2.75) is 57.4 Å². The van der Waals surface area contributed by atoms with E-state index in [0.29, 0.717) is 24.3 Å². The summed E-state index contributed by atoms with van der Waals surface area (Å²) in [5, 5.41) is 9.20. The molecule has 0 aromatic heterocycles. The molecule has 1 heterocycles. The zero-order valence-corrected chi connectivity index (χ0v) is 11.9. The molecule has 2 rings (SSSR count). The molecule has 4 nitrogen and oxygen atoms in total. The number of hydrogen-bond acceptors (Lipinski definition) is 3. The van der Waals surface area contributed by atoms with Gasteiger partial charge in [0.1, 0.15) is 0 Å². The first-order valence-electron chi connectivity index (χ1n) is 7.83. The second kappa shape index (κ2) is 7.25. The number of piperidine rings is 1. The van der Waals surface area contributed by atoms with Gasteiger partial charge in [0.05, 0.1) is 0 Å². The van der Waals surface area contributed by atoms with Crippen LogP contribution in [0.15, 0.2) is 0 Å². The van der Waals surface area contributed by atoms with Crippen LogP contribution in [0.4, 0.5) is 0 Å². The lowest BCUT2D eigenvalue weighted by atomic mass is 9.83. The molecule has 3 unspecified atom stereocenters. The lowest BCUT2D eigenvalue weighted by Gasteiger charge is -2.33. The zero-order chi connectivity index (χ0) is 13.7. The minimum atomic E-state index is 0.210. The standard InChI is InChI=1S/C15H28N2O2/c16-14-5-1-3-12(9-14)6-7-15(19)17-8-2-4-13(10-17)11-18/h12-14,18H,1-11,16H2. The molecule has 1 aliphatic carbocycles. The number of likely N-dealkylation sites (tertiary alicyclic amines) is 1. The minimum Gasteiger partial charge on any atom is -0.396 e. The van der Waals surface area contributed by atoms with Crippen molar-refractivity contribution in [3.8, 4) is 0 Å². The number of hydrogen-bond donors (Lipinski definition) is 2. The Labute approximate surface area is 116 Å². The van der Waals surface area contributed by atoms with Crippen LogP contribution >= 0.6 is 0 Å². The molecule has 0 radical (unpaired) electrons. The molecule has 1 saturated heterocycles. The quantitative estimate of drug-likeness (QED) is 0.812. The second-order valence-corrected chi connectivity index (χ2v) is 6.36. The molecular formula is C15H28N2O2. The number of carbonyl (C=O) groups excluding carboxylic acids is 1. The van der Waals surface area contributed by atoms with Crippen LogP contribution in [-0.4, -0.2) is 41.7 Å². The van der Waals surface area contributed by atoms with Crippen LogP contribution in [0.25, 0.3) is 0 Å². The highest BCUT2D eigenvalue weighted by atomic mass is 16.3. The van der Waals surface area contributed by atoms with Crippen LogP contribution in [0.1, 0.15) is 51.4 Å². The van der Waals surface area contributed by atoms with Crippen molar-refractivity contribution >= 4 is 5.91 Å². The van der Waals surface area contributed by atoms with Crippen molar-refractivity contribution in [1.82, 2.24) is 4.90 Å². The Morgan fingerprint density at radius 2 is 2.00 bits per heavy atom. The number of amides is 1. The van der Waals surface area contributed by atoms with E-state index in [9.17, 15) is 9.90 Å². The Kier molecular flexibility index (Phi) is 5.64. The van der Waals surface area contributed by atoms with E-state index in [1.165, 1.54) is 12.8 Å². The number of aliphatic hydroxyl groups is 1. The molecule has 4 heteroatoms. The molecule has 3 atom stereocenters. The van der Waals surface area contributed by atoms with Gasteiger partial charge < -0.3 is 15.7 Å². The Balaban J connectivity index is 1.71. The fourth-order valence-electron chi connectivity index (χ4n) is 3.52. The Morgan fingerprint density at radius 1 is 1.21 bits per heavy atom. The minimum absolute atomic E-state index is 0.210. The van der Waals surface area contributed by atoms with E-state index < -0.39 is 0 Å². The summed E-state index contributed by atoms with van der Waals surface area (Å²) in [6, 6.07) is 0.350. The lowest BCUT2D eigenvalue weighted by Crippen LogP contribution is -2.41. The van der Waals surface area contributed by atoms with E-state index in [0.717, 1.165) is 45.2 Å². The van der Waals surface area contributed by atoms with Gasteiger partial charge in [-0.3, -0.25) is 4.79 Å². The third-order valence-corrected chi connectivity index (χ3v) is 4.72. The molecule has 0 spiro atoms. The summed E-state index contributed by atoms with van der Waals surface area (Å²) in [5.74, 6) is 1.21. The summed E-state index contributed by atoms with van der Waals surface area (Å²) >= 11 is 0. The maximum absolute atomic E-state index is 12.2. The average molecular weight is 268 g/mol. The molecule has 1 saturated carbocycles. The van der Waals surface area contributed by atoms with Crippen molar-refractivity contribution in [2.75, 3.05) is 19.7 Å². The molecule has 3 N–H and O–H groups in total. The third kappa shape index (κ3) is 4.46. The van der Waals surface area contributed by atoms with Gasteiger partial charge in [-0.15, -0.1) is 0 Å². The molecule has 0 bridgehead atoms. The van der Waals surface area contributed by atoms with Gasteiger partial charge in [0.25, 0.3) is 0 Å². The van der Waals surface area contributed by atoms with E-state index >= 15 is 0 Å². The summed E-state index contributed by atoms with van der Waals surface area (Å²) in [5.41, 5.74) is 5.99. The van der Waals surface area contributed by atoms with Gasteiger partial charge in [-0.05, 0) is 43.9 Å². The molecular weight excluding hydrogens is 240 g/mol. The van der Waals surface area contributed by atoms with Crippen molar-refractivity contribution in [3.63, 3.8) is 0 Å². The SMILES string of the molecule is NC1CCCC(CCC(=O)N2CCCC(CO)C2)C1. The normalized spacial score (nSPS) is 32.3. The molecule has 19 heavy (non-hydrogen) atoms. The van der Waals surface area contributed by atoms with Crippen molar-refractivity contribution in [3.05, 3.63) is 0 Å². The van der Waals surface area contributed by atoms with Crippen LogP contribution in [0.5, 0.6) is 0 Å². The predicted octanol–water partition coefficient (Wildman–Crippen LogP) is 1.51. The fourth-order valence-corrected chi connectivity index (χ4v) is 3.52. The number of rotatable bonds is 4. The molecule has 0 aromatic rings. The van der Waals surface area contributed by atoms with Gasteiger partial charge in [-0.2, -0.15) is 0 Å². The molecule has 110 valence electrons. The van der Waals surface area contributed by atoms with Crippen molar-refractivity contribution < 1.29 is 9.90 Å². The Bertz CT molecular complexity index is 296. The van der Waals surface area contributed by atoms with E-state index in [2.05, 4.69) is 0 Å². The maximum atomic E-state index is 12.2. The van der Waals surface area contributed by atoms with E-state index in [4.69, 9.17) is 5.73 Å². The Morgan fingerprint density at radius 3 is 2.74 bits per heavy atom. The largest absolute Gasteiger partial charge is 0.396 e. The summed E-state index contributed by atoms with van der Waals surface area (Å²) in [7, 11) is 0. The van der Waals surface area contributed by atoms with Crippen molar-refractivity contribution in [1.29, 1.82) is 0 Å².